The maximum atomic E-state index is 4.79. The maximum Gasteiger partial charge on any atom is 0.145 e. The summed E-state index contributed by atoms with van der Waals surface area (Å²) in [5.41, 5.74) is 4.47. The summed E-state index contributed by atoms with van der Waals surface area (Å²) >= 11 is 0. The molecular formula is C25H26N6. The van der Waals surface area contributed by atoms with Crippen LogP contribution in [-0.2, 0) is 6.42 Å². The molecule has 6 nitrogen and oxygen atoms in total. The Morgan fingerprint density at radius 3 is 3.00 bits per heavy atom. The second-order valence-corrected chi connectivity index (χ2v) is 8.74. The smallest absolute Gasteiger partial charge is 0.145 e. The Balaban J connectivity index is 1.16. The van der Waals surface area contributed by atoms with Crippen molar-refractivity contribution in [3.05, 3.63) is 60.7 Å². The predicted octanol–water partition coefficient (Wildman–Crippen LogP) is 5.48. The van der Waals surface area contributed by atoms with Crippen LogP contribution in [0.15, 0.2) is 55.1 Å². The molecule has 4 aromatic heterocycles. The topological polar surface area (TPSA) is 71.4 Å². The van der Waals surface area contributed by atoms with Gasteiger partial charge in [0, 0.05) is 36.3 Å². The number of nitrogens with one attached hydrogen (secondary N) is 2. The fourth-order valence-corrected chi connectivity index (χ4v) is 5.24. The lowest BCUT2D eigenvalue weighted by atomic mass is 9.97. The van der Waals surface area contributed by atoms with Crippen molar-refractivity contribution in [2.75, 3.05) is 12.4 Å². The molecule has 1 aliphatic rings. The first kappa shape index (κ1) is 18.4. The van der Waals surface area contributed by atoms with Crippen molar-refractivity contribution in [1.82, 2.24) is 24.5 Å². The zero-order valence-corrected chi connectivity index (χ0v) is 17.7. The van der Waals surface area contributed by atoms with Crippen LogP contribution in [0.4, 0.5) is 5.82 Å². The number of aromatic nitrogens is 5. The number of benzene rings is 1. The van der Waals surface area contributed by atoms with E-state index in [4.69, 9.17) is 4.98 Å². The molecule has 0 aliphatic heterocycles. The number of hydrogen-bond donors (Lipinski definition) is 2. The predicted molar refractivity (Wildman–Crippen MR) is 125 cm³/mol. The summed E-state index contributed by atoms with van der Waals surface area (Å²) < 4.78 is 2.36. The number of aromatic amines is 1. The van der Waals surface area contributed by atoms with Gasteiger partial charge in [0.2, 0.25) is 0 Å². The highest BCUT2D eigenvalue weighted by atomic mass is 15.1. The number of rotatable bonds is 5. The summed E-state index contributed by atoms with van der Waals surface area (Å²) in [5, 5.41) is 6.65. The molecule has 0 bridgehead atoms. The van der Waals surface area contributed by atoms with Gasteiger partial charge in [-0.1, -0.05) is 12.1 Å². The minimum absolute atomic E-state index is 0.529. The van der Waals surface area contributed by atoms with Gasteiger partial charge >= 0.3 is 0 Å². The van der Waals surface area contributed by atoms with Crippen LogP contribution in [0, 0.1) is 5.92 Å². The molecule has 2 N–H and O–H groups in total. The molecule has 1 aliphatic carbocycles. The normalized spacial score (nSPS) is 19.0. The van der Waals surface area contributed by atoms with Gasteiger partial charge in [0.25, 0.3) is 0 Å². The molecule has 4 heterocycles. The van der Waals surface area contributed by atoms with Crippen LogP contribution in [-0.4, -0.2) is 31.6 Å². The van der Waals surface area contributed by atoms with Gasteiger partial charge in [-0.15, -0.1) is 0 Å². The van der Waals surface area contributed by atoms with Crippen molar-refractivity contribution in [1.29, 1.82) is 0 Å². The van der Waals surface area contributed by atoms with E-state index < -0.39 is 0 Å². The van der Waals surface area contributed by atoms with E-state index in [2.05, 4.69) is 67.4 Å². The van der Waals surface area contributed by atoms with Crippen LogP contribution in [0.3, 0.4) is 0 Å². The highest BCUT2D eigenvalue weighted by molar-refractivity contribution is 5.91. The summed E-state index contributed by atoms with van der Waals surface area (Å²) in [7, 11) is 1.91. The molecule has 6 heteroatoms. The Kier molecular flexibility index (Phi) is 4.37. The van der Waals surface area contributed by atoms with Crippen LogP contribution < -0.4 is 5.32 Å². The Morgan fingerprint density at radius 2 is 2.06 bits per heavy atom. The van der Waals surface area contributed by atoms with E-state index in [9.17, 15) is 0 Å². The lowest BCUT2D eigenvalue weighted by Gasteiger charge is -2.15. The van der Waals surface area contributed by atoms with Gasteiger partial charge in [0.1, 0.15) is 23.4 Å². The summed E-state index contributed by atoms with van der Waals surface area (Å²) in [5.74, 6) is 1.66. The third kappa shape index (κ3) is 3.23. The number of anilines is 1. The van der Waals surface area contributed by atoms with Crippen molar-refractivity contribution >= 4 is 38.8 Å². The number of nitrogens with zero attached hydrogens (tertiary/aromatic N) is 4. The largest absolute Gasteiger partial charge is 0.372 e. The molecule has 0 spiro atoms. The lowest BCUT2D eigenvalue weighted by molar-refractivity contribution is 0.461. The molecule has 31 heavy (non-hydrogen) atoms. The molecule has 1 saturated carbocycles. The molecule has 2 unspecified atom stereocenters. The summed E-state index contributed by atoms with van der Waals surface area (Å²) in [6, 6.07) is 13.7. The molecule has 6 rings (SSSR count). The number of hydrogen-bond acceptors (Lipinski definition) is 4. The number of fused-ring (bicyclic) bond motifs is 3. The third-order valence-electron chi connectivity index (χ3n) is 6.89. The van der Waals surface area contributed by atoms with E-state index in [1.807, 2.05) is 13.2 Å². The van der Waals surface area contributed by atoms with Gasteiger partial charge in [0.15, 0.2) is 0 Å². The highest BCUT2D eigenvalue weighted by Crippen LogP contribution is 2.39. The van der Waals surface area contributed by atoms with E-state index in [1.165, 1.54) is 42.0 Å². The average Bonchev–Trinajstić information content (AvgIpc) is 3.54. The van der Waals surface area contributed by atoms with Crippen LogP contribution in [0.25, 0.3) is 33.0 Å². The van der Waals surface area contributed by atoms with E-state index in [1.54, 1.807) is 6.33 Å². The van der Waals surface area contributed by atoms with Crippen LogP contribution in [0.2, 0.25) is 0 Å². The second-order valence-electron chi connectivity index (χ2n) is 8.74. The van der Waals surface area contributed by atoms with Crippen molar-refractivity contribution in [2.45, 2.75) is 38.1 Å². The van der Waals surface area contributed by atoms with Gasteiger partial charge in [-0.3, -0.25) is 0 Å². The Bertz CT molecular complexity index is 1380. The van der Waals surface area contributed by atoms with E-state index >= 15 is 0 Å². The zero-order valence-electron chi connectivity index (χ0n) is 17.7. The summed E-state index contributed by atoms with van der Waals surface area (Å²) in [6.07, 6.45) is 11.8. The first-order chi connectivity index (χ1) is 15.3. The van der Waals surface area contributed by atoms with E-state index in [0.717, 1.165) is 40.4 Å². The molecule has 0 amide bonds. The first-order valence-electron chi connectivity index (χ1n) is 11.1. The monoisotopic (exact) mass is 410 g/mol. The number of H-pyrrole nitrogens is 1. The summed E-state index contributed by atoms with van der Waals surface area (Å²) in [4.78, 5) is 16.9. The van der Waals surface area contributed by atoms with Gasteiger partial charge in [-0.05, 0) is 67.9 Å². The van der Waals surface area contributed by atoms with E-state index in [0.29, 0.717) is 6.04 Å². The zero-order chi connectivity index (χ0) is 20.8. The van der Waals surface area contributed by atoms with Gasteiger partial charge < -0.3 is 14.9 Å². The van der Waals surface area contributed by atoms with Gasteiger partial charge in [-0.2, -0.15) is 0 Å². The Labute approximate surface area is 180 Å². The molecule has 0 saturated heterocycles. The SMILES string of the molecule is CNc1ncnc2c1ccn2C1CCC(CCc2ccc3cc4cc[nH]c4nc3c2)C1. The molecule has 5 aromatic rings. The van der Waals surface area contributed by atoms with Crippen molar-refractivity contribution in [3.8, 4) is 0 Å². The Morgan fingerprint density at radius 1 is 1.10 bits per heavy atom. The van der Waals surface area contributed by atoms with Crippen LogP contribution in [0.1, 0.15) is 37.3 Å². The van der Waals surface area contributed by atoms with Gasteiger partial charge in [0.05, 0.1) is 10.9 Å². The molecule has 1 fully saturated rings. The quantitative estimate of drug-likeness (QED) is 0.403. The molecule has 2 atom stereocenters. The number of pyridine rings is 1. The standard InChI is InChI=1S/C25H26N6/c1-26-24-21-9-11-31(25(21)29-15-28-24)20-7-5-16(12-20)2-3-17-4-6-18-14-19-8-10-27-23(19)30-22(18)13-17/h4,6,8-11,13-16,20H,2-3,5,7,12H2,1H3,(H,27,30)(H,26,28,29). The van der Waals surface area contributed by atoms with Crippen molar-refractivity contribution in [2.24, 2.45) is 5.92 Å². The molecule has 156 valence electrons. The highest BCUT2D eigenvalue weighted by Gasteiger charge is 2.27. The van der Waals surface area contributed by atoms with Gasteiger partial charge in [-0.25, -0.2) is 15.0 Å². The fourth-order valence-electron chi connectivity index (χ4n) is 5.24. The number of aryl methyl sites for hydroxylation is 1. The minimum Gasteiger partial charge on any atom is -0.372 e. The maximum absolute atomic E-state index is 4.79. The average molecular weight is 411 g/mol. The third-order valence-corrected chi connectivity index (χ3v) is 6.89. The summed E-state index contributed by atoms with van der Waals surface area (Å²) in [6.45, 7) is 0. The second kappa shape index (κ2) is 7.38. The minimum atomic E-state index is 0.529. The molecule has 0 radical (unpaired) electrons. The lowest BCUT2D eigenvalue weighted by Crippen LogP contribution is -2.06. The van der Waals surface area contributed by atoms with Crippen LogP contribution >= 0.6 is 0 Å². The van der Waals surface area contributed by atoms with Crippen LogP contribution in [0.5, 0.6) is 0 Å². The van der Waals surface area contributed by atoms with Crippen molar-refractivity contribution in [3.63, 3.8) is 0 Å². The first-order valence-corrected chi connectivity index (χ1v) is 11.1. The fraction of sp³-hybridized carbons (Fsp3) is 0.320. The molecular weight excluding hydrogens is 384 g/mol. The Hall–Kier alpha value is -3.41. The van der Waals surface area contributed by atoms with Crippen molar-refractivity contribution < 1.29 is 0 Å². The molecule has 1 aromatic carbocycles. The van der Waals surface area contributed by atoms with E-state index in [-0.39, 0.29) is 0 Å².